The highest BCUT2D eigenvalue weighted by atomic mass is 16.2. The molecule has 0 aromatic carbocycles. The zero-order chi connectivity index (χ0) is 10.7. The molecule has 0 radical (unpaired) electrons. The molecule has 0 aromatic rings. The van der Waals surface area contributed by atoms with Crippen molar-refractivity contribution in [2.24, 2.45) is 11.7 Å². The van der Waals surface area contributed by atoms with Gasteiger partial charge in [-0.1, -0.05) is 32.1 Å². The molecule has 0 spiro atoms. The molecule has 2 fully saturated rings. The van der Waals surface area contributed by atoms with Crippen molar-refractivity contribution in [3.05, 3.63) is 0 Å². The van der Waals surface area contributed by atoms with Crippen LogP contribution in [0, 0.1) is 5.92 Å². The third-order valence-corrected chi connectivity index (χ3v) is 3.87. The maximum atomic E-state index is 11.6. The summed E-state index contributed by atoms with van der Waals surface area (Å²) in [5.74, 6) is 1.04. The Kier molecular flexibility index (Phi) is 3.62. The highest BCUT2D eigenvalue weighted by molar-refractivity contribution is 5.83. The van der Waals surface area contributed by atoms with Gasteiger partial charge in [-0.2, -0.15) is 0 Å². The molecule has 1 heterocycles. The van der Waals surface area contributed by atoms with Crippen LogP contribution in [0.1, 0.15) is 44.9 Å². The van der Waals surface area contributed by atoms with Gasteiger partial charge in [0.15, 0.2) is 0 Å². The summed E-state index contributed by atoms with van der Waals surface area (Å²) in [4.78, 5) is 13.5. The van der Waals surface area contributed by atoms with Crippen LogP contribution in [0.3, 0.4) is 0 Å². The highest BCUT2D eigenvalue weighted by Crippen LogP contribution is 2.26. The Bertz CT molecular complexity index is 224. The first-order valence-corrected chi connectivity index (χ1v) is 6.32. The topological polar surface area (TPSA) is 46.3 Å². The van der Waals surface area contributed by atoms with Crippen molar-refractivity contribution in [3.8, 4) is 0 Å². The third-order valence-electron chi connectivity index (χ3n) is 3.87. The summed E-state index contributed by atoms with van der Waals surface area (Å²) < 4.78 is 0. The van der Waals surface area contributed by atoms with Crippen molar-refractivity contribution < 1.29 is 4.79 Å². The zero-order valence-electron chi connectivity index (χ0n) is 9.45. The fourth-order valence-corrected chi connectivity index (χ4v) is 2.80. The molecular weight excluding hydrogens is 188 g/mol. The van der Waals surface area contributed by atoms with E-state index >= 15 is 0 Å². The number of amides is 1. The van der Waals surface area contributed by atoms with E-state index in [1.54, 1.807) is 0 Å². The molecule has 1 aliphatic carbocycles. The number of likely N-dealkylation sites (tertiary alicyclic amines) is 1. The van der Waals surface area contributed by atoms with Gasteiger partial charge in [0.25, 0.3) is 0 Å². The highest BCUT2D eigenvalue weighted by Gasteiger charge is 2.28. The number of nitrogens with zero attached hydrogens (tertiary/aromatic N) is 1. The van der Waals surface area contributed by atoms with Crippen LogP contribution in [0.2, 0.25) is 0 Å². The molecule has 3 heteroatoms. The molecule has 86 valence electrons. The molecule has 1 atom stereocenters. The monoisotopic (exact) mass is 210 g/mol. The van der Waals surface area contributed by atoms with E-state index < -0.39 is 0 Å². The summed E-state index contributed by atoms with van der Waals surface area (Å²) in [6.45, 7) is 1.82. The largest absolute Gasteiger partial charge is 0.341 e. The molecule has 0 bridgehead atoms. The lowest BCUT2D eigenvalue weighted by Gasteiger charge is -2.24. The fourth-order valence-electron chi connectivity index (χ4n) is 2.80. The van der Waals surface area contributed by atoms with Crippen molar-refractivity contribution in [2.75, 3.05) is 13.1 Å². The second-order valence-electron chi connectivity index (χ2n) is 5.01. The van der Waals surface area contributed by atoms with E-state index in [0.29, 0.717) is 0 Å². The quantitative estimate of drug-likeness (QED) is 0.767. The molecule has 1 amide bonds. The lowest BCUT2D eigenvalue weighted by Crippen LogP contribution is -2.35. The number of carbonyl (C=O) groups is 1. The van der Waals surface area contributed by atoms with Crippen molar-refractivity contribution in [3.63, 3.8) is 0 Å². The molecule has 1 saturated heterocycles. The van der Waals surface area contributed by atoms with Gasteiger partial charge in [0.05, 0.1) is 6.04 Å². The first-order chi connectivity index (χ1) is 7.27. The summed E-state index contributed by atoms with van der Waals surface area (Å²) >= 11 is 0. The van der Waals surface area contributed by atoms with Gasteiger partial charge in [-0.15, -0.1) is 0 Å². The second-order valence-corrected chi connectivity index (χ2v) is 5.01. The van der Waals surface area contributed by atoms with Crippen molar-refractivity contribution >= 4 is 5.91 Å². The Morgan fingerprint density at radius 1 is 1.20 bits per heavy atom. The standard InChI is InChI=1S/C12H22N2O/c13-11-7-9-14(12(11)15)8-6-10-4-2-1-3-5-10/h10-11H,1-9,13H2. The van der Waals surface area contributed by atoms with E-state index in [4.69, 9.17) is 5.73 Å². The molecule has 2 rings (SSSR count). The van der Waals surface area contributed by atoms with Gasteiger partial charge in [0.1, 0.15) is 0 Å². The average Bonchev–Trinajstić information content (AvgIpc) is 2.59. The van der Waals surface area contributed by atoms with E-state index in [-0.39, 0.29) is 11.9 Å². The maximum absolute atomic E-state index is 11.6. The van der Waals surface area contributed by atoms with Crippen LogP contribution < -0.4 is 5.73 Å². The van der Waals surface area contributed by atoms with Gasteiger partial charge in [0.2, 0.25) is 5.91 Å². The molecular formula is C12H22N2O. The first kappa shape index (κ1) is 10.9. The Labute approximate surface area is 92.0 Å². The average molecular weight is 210 g/mol. The van der Waals surface area contributed by atoms with Crippen LogP contribution in [-0.2, 0) is 4.79 Å². The Morgan fingerprint density at radius 3 is 2.53 bits per heavy atom. The summed E-state index contributed by atoms with van der Waals surface area (Å²) in [6, 6.07) is -0.212. The van der Waals surface area contributed by atoms with Crippen molar-refractivity contribution in [1.82, 2.24) is 4.90 Å². The van der Waals surface area contributed by atoms with Crippen LogP contribution in [0.15, 0.2) is 0 Å². The molecule has 2 aliphatic rings. The minimum atomic E-state index is -0.212. The number of rotatable bonds is 3. The van der Waals surface area contributed by atoms with E-state index in [9.17, 15) is 4.79 Å². The van der Waals surface area contributed by atoms with Gasteiger partial charge < -0.3 is 10.6 Å². The smallest absolute Gasteiger partial charge is 0.239 e. The number of hydrogen-bond donors (Lipinski definition) is 1. The van der Waals surface area contributed by atoms with Gasteiger partial charge in [-0.25, -0.2) is 0 Å². The summed E-state index contributed by atoms with van der Waals surface area (Å²) in [7, 11) is 0. The van der Waals surface area contributed by atoms with E-state index in [1.807, 2.05) is 4.90 Å². The number of nitrogens with two attached hydrogens (primary N) is 1. The minimum absolute atomic E-state index is 0.172. The van der Waals surface area contributed by atoms with Crippen molar-refractivity contribution in [1.29, 1.82) is 0 Å². The van der Waals surface area contributed by atoms with Crippen LogP contribution in [0.5, 0.6) is 0 Å². The summed E-state index contributed by atoms with van der Waals surface area (Å²) in [5.41, 5.74) is 5.69. The Hall–Kier alpha value is -0.570. The maximum Gasteiger partial charge on any atom is 0.239 e. The van der Waals surface area contributed by atoms with Gasteiger partial charge >= 0.3 is 0 Å². The van der Waals surface area contributed by atoms with Crippen LogP contribution in [0.25, 0.3) is 0 Å². The molecule has 15 heavy (non-hydrogen) atoms. The Balaban J connectivity index is 1.71. The zero-order valence-corrected chi connectivity index (χ0v) is 9.45. The van der Waals surface area contributed by atoms with Crippen LogP contribution in [-0.4, -0.2) is 29.9 Å². The lowest BCUT2D eigenvalue weighted by molar-refractivity contribution is -0.128. The lowest BCUT2D eigenvalue weighted by atomic mass is 9.87. The van der Waals surface area contributed by atoms with E-state index in [1.165, 1.54) is 38.5 Å². The summed E-state index contributed by atoms with van der Waals surface area (Å²) in [5, 5.41) is 0. The first-order valence-electron chi connectivity index (χ1n) is 6.32. The number of carbonyl (C=O) groups excluding carboxylic acids is 1. The normalized spacial score (nSPS) is 28.7. The minimum Gasteiger partial charge on any atom is -0.341 e. The van der Waals surface area contributed by atoms with Gasteiger partial charge in [-0.05, 0) is 18.8 Å². The second kappa shape index (κ2) is 4.97. The summed E-state index contributed by atoms with van der Waals surface area (Å²) in [6.07, 6.45) is 8.96. The van der Waals surface area contributed by atoms with Crippen LogP contribution >= 0.6 is 0 Å². The Morgan fingerprint density at radius 2 is 1.93 bits per heavy atom. The predicted molar refractivity (Wildman–Crippen MR) is 60.4 cm³/mol. The van der Waals surface area contributed by atoms with E-state index in [0.717, 1.165) is 25.4 Å². The molecule has 1 unspecified atom stereocenters. The molecule has 2 N–H and O–H groups in total. The van der Waals surface area contributed by atoms with Crippen molar-refractivity contribution in [2.45, 2.75) is 51.0 Å². The predicted octanol–water partition coefficient (Wildman–Crippen LogP) is 1.52. The SMILES string of the molecule is NC1CCN(CCC2CCCCC2)C1=O. The third kappa shape index (κ3) is 2.71. The number of hydrogen-bond acceptors (Lipinski definition) is 2. The fraction of sp³-hybridized carbons (Fsp3) is 0.917. The van der Waals surface area contributed by atoms with Gasteiger partial charge in [0, 0.05) is 13.1 Å². The van der Waals surface area contributed by atoms with E-state index in [2.05, 4.69) is 0 Å². The molecule has 3 nitrogen and oxygen atoms in total. The molecule has 1 aliphatic heterocycles. The van der Waals surface area contributed by atoms with Crippen LogP contribution in [0.4, 0.5) is 0 Å². The molecule has 1 saturated carbocycles. The van der Waals surface area contributed by atoms with Gasteiger partial charge in [-0.3, -0.25) is 4.79 Å². The molecule has 0 aromatic heterocycles.